The molecule has 0 radical (unpaired) electrons. The van der Waals surface area contributed by atoms with E-state index in [4.69, 9.17) is 12.2 Å². The highest BCUT2D eigenvalue weighted by Crippen LogP contribution is 2.39. The first-order valence-corrected chi connectivity index (χ1v) is 7.02. The Morgan fingerprint density at radius 1 is 1.50 bits per heavy atom. The van der Waals surface area contributed by atoms with E-state index in [-0.39, 0.29) is 11.3 Å². The van der Waals surface area contributed by atoms with Crippen molar-refractivity contribution in [2.45, 2.75) is 46.0 Å². The van der Waals surface area contributed by atoms with Crippen LogP contribution in [0.3, 0.4) is 0 Å². The van der Waals surface area contributed by atoms with Crippen molar-refractivity contribution in [3.05, 3.63) is 0 Å². The van der Waals surface area contributed by atoms with Crippen LogP contribution < -0.4 is 5.73 Å². The van der Waals surface area contributed by atoms with Gasteiger partial charge in [-0.05, 0) is 38.0 Å². The molecule has 0 aliphatic heterocycles. The molecular formula is C15H26N2O. The van der Waals surface area contributed by atoms with Gasteiger partial charge in [0.2, 0.25) is 5.91 Å². The van der Waals surface area contributed by atoms with Gasteiger partial charge in [-0.2, -0.15) is 0 Å². The fourth-order valence-electron chi connectivity index (χ4n) is 2.79. The third-order valence-corrected chi connectivity index (χ3v) is 4.14. The first-order valence-electron chi connectivity index (χ1n) is 7.02. The maximum absolute atomic E-state index is 12.7. The molecular weight excluding hydrogens is 224 g/mol. The van der Waals surface area contributed by atoms with Crippen LogP contribution in [0.1, 0.15) is 46.0 Å². The lowest BCUT2D eigenvalue weighted by atomic mass is 9.70. The molecule has 102 valence electrons. The van der Waals surface area contributed by atoms with Crippen molar-refractivity contribution < 1.29 is 4.79 Å². The molecule has 1 saturated carbocycles. The van der Waals surface area contributed by atoms with E-state index < -0.39 is 0 Å². The molecule has 0 heterocycles. The van der Waals surface area contributed by atoms with Crippen molar-refractivity contribution in [2.75, 3.05) is 19.6 Å². The Kier molecular flexibility index (Phi) is 5.68. The van der Waals surface area contributed by atoms with E-state index in [2.05, 4.69) is 19.8 Å². The third kappa shape index (κ3) is 3.26. The van der Waals surface area contributed by atoms with E-state index in [0.29, 0.717) is 19.0 Å². The normalized spacial score (nSPS) is 27.6. The van der Waals surface area contributed by atoms with Gasteiger partial charge < -0.3 is 10.6 Å². The van der Waals surface area contributed by atoms with Crippen LogP contribution in [0.4, 0.5) is 0 Å². The molecule has 1 rings (SSSR count). The van der Waals surface area contributed by atoms with Crippen LogP contribution in [0.25, 0.3) is 0 Å². The minimum Gasteiger partial charge on any atom is -0.331 e. The monoisotopic (exact) mass is 250 g/mol. The molecule has 3 nitrogen and oxygen atoms in total. The highest BCUT2D eigenvalue weighted by Gasteiger charge is 2.41. The minimum absolute atomic E-state index is 0.178. The first-order chi connectivity index (χ1) is 8.59. The van der Waals surface area contributed by atoms with Crippen molar-refractivity contribution >= 4 is 5.91 Å². The van der Waals surface area contributed by atoms with Crippen molar-refractivity contribution in [3.63, 3.8) is 0 Å². The Morgan fingerprint density at radius 2 is 2.11 bits per heavy atom. The Labute approximate surface area is 111 Å². The maximum atomic E-state index is 12.7. The summed E-state index contributed by atoms with van der Waals surface area (Å²) in [6.07, 6.45) is 10.3. The zero-order valence-electron chi connectivity index (χ0n) is 11.7. The first kappa shape index (κ1) is 15.0. The molecule has 2 N–H and O–H groups in total. The minimum atomic E-state index is -0.349. The average molecular weight is 250 g/mol. The highest BCUT2D eigenvalue weighted by molar-refractivity contribution is 5.83. The Bertz CT molecular complexity index is 311. The summed E-state index contributed by atoms with van der Waals surface area (Å²) in [4.78, 5) is 14.5. The molecule has 1 aliphatic carbocycles. The van der Waals surface area contributed by atoms with Gasteiger partial charge in [0, 0.05) is 13.1 Å². The second-order valence-electron chi connectivity index (χ2n) is 5.60. The molecule has 0 saturated heterocycles. The van der Waals surface area contributed by atoms with E-state index in [9.17, 15) is 4.79 Å². The Morgan fingerprint density at radius 3 is 2.56 bits per heavy atom. The second kappa shape index (κ2) is 6.80. The quantitative estimate of drug-likeness (QED) is 0.759. The predicted octanol–water partition coefficient (Wildman–Crippen LogP) is 2.01. The summed E-state index contributed by atoms with van der Waals surface area (Å²) >= 11 is 0. The fourth-order valence-corrected chi connectivity index (χ4v) is 2.79. The lowest BCUT2D eigenvalue weighted by molar-refractivity contribution is -0.143. The summed E-state index contributed by atoms with van der Waals surface area (Å²) in [6.45, 7) is 5.90. The summed E-state index contributed by atoms with van der Waals surface area (Å²) in [5.41, 5.74) is 5.57. The number of rotatable bonds is 5. The van der Waals surface area contributed by atoms with Gasteiger partial charge in [0.05, 0.1) is 12.0 Å². The van der Waals surface area contributed by atoms with Crippen LogP contribution in [0, 0.1) is 23.7 Å². The molecule has 0 atom stereocenters. The number of amides is 1. The lowest BCUT2D eigenvalue weighted by Gasteiger charge is -2.40. The number of carbonyl (C=O) groups excluding carboxylic acids is 1. The molecule has 0 unspecified atom stereocenters. The van der Waals surface area contributed by atoms with Crippen LogP contribution in [-0.4, -0.2) is 30.4 Å². The molecule has 1 fully saturated rings. The zero-order valence-corrected chi connectivity index (χ0v) is 11.7. The Balaban J connectivity index is 2.79. The van der Waals surface area contributed by atoms with Gasteiger partial charge in [-0.25, -0.2) is 0 Å². The van der Waals surface area contributed by atoms with Gasteiger partial charge in [0.25, 0.3) is 0 Å². The maximum Gasteiger partial charge on any atom is 0.230 e. The number of nitrogens with zero attached hydrogens (tertiary/aromatic N) is 1. The van der Waals surface area contributed by atoms with Crippen molar-refractivity contribution in [2.24, 2.45) is 17.1 Å². The van der Waals surface area contributed by atoms with E-state index in [1.807, 2.05) is 4.90 Å². The van der Waals surface area contributed by atoms with Gasteiger partial charge in [-0.1, -0.05) is 19.8 Å². The lowest BCUT2D eigenvalue weighted by Crippen LogP contribution is -2.50. The molecule has 0 aromatic rings. The molecule has 18 heavy (non-hydrogen) atoms. The van der Waals surface area contributed by atoms with Crippen molar-refractivity contribution in [1.29, 1.82) is 0 Å². The topological polar surface area (TPSA) is 46.3 Å². The van der Waals surface area contributed by atoms with E-state index in [1.54, 1.807) is 0 Å². The fraction of sp³-hybridized carbons (Fsp3) is 0.800. The molecule has 1 amide bonds. The van der Waals surface area contributed by atoms with Crippen LogP contribution in [0.5, 0.6) is 0 Å². The summed E-state index contributed by atoms with van der Waals surface area (Å²) in [5.74, 6) is 3.48. The van der Waals surface area contributed by atoms with Gasteiger partial charge in [-0.15, -0.1) is 6.42 Å². The van der Waals surface area contributed by atoms with Gasteiger partial charge >= 0.3 is 0 Å². The smallest absolute Gasteiger partial charge is 0.230 e. The average Bonchev–Trinajstić information content (AvgIpc) is 2.39. The van der Waals surface area contributed by atoms with Gasteiger partial charge in [0.1, 0.15) is 0 Å². The molecule has 3 heteroatoms. The summed E-state index contributed by atoms with van der Waals surface area (Å²) in [5, 5.41) is 0. The van der Waals surface area contributed by atoms with Crippen LogP contribution in [-0.2, 0) is 4.79 Å². The van der Waals surface area contributed by atoms with E-state index in [1.165, 1.54) is 0 Å². The molecule has 0 aromatic carbocycles. The number of hydrogen-bond donors (Lipinski definition) is 1. The number of carbonyl (C=O) groups is 1. The number of hydrogen-bond acceptors (Lipinski definition) is 2. The van der Waals surface area contributed by atoms with Gasteiger partial charge in [0.15, 0.2) is 0 Å². The largest absolute Gasteiger partial charge is 0.331 e. The summed E-state index contributed by atoms with van der Waals surface area (Å²) < 4.78 is 0. The number of terminal acetylenes is 1. The van der Waals surface area contributed by atoms with Crippen LogP contribution in [0.2, 0.25) is 0 Å². The van der Waals surface area contributed by atoms with Crippen molar-refractivity contribution in [3.8, 4) is 12.3 Å². The number of nitrogens with two attached hydrogens (primary N) is 1. The van der Waals surface area contributed by atoms with E-state index >= 15 is 0 Å². The summed E-state index contributed by atoms with van der Waals surface area (Å²) in [7, 11) is 0. The summed E-state index contributed by atoms with van der Waals surface area (Å²) in [6, 6.07) is 0. The standard InChI is InChI=1S/C15H26N2O/c1-4-10-17(11-5-2)14(18)15(12-16)8-6-13(3)7-9-15/h1,13H,5-12,16H2,2-3H3. The van der Waals surface area contributed by atoms with Crippen LogP contribution >= 0.6 is 0 Å². The van der Waals surface area contributed by atoms with E-state index in [0.717, 1.165) is 38.6 Å². The molecule has 0 spiro atoms. The Hall–Kier alpha value is -1.01. The van der Waals surface area contributed by atoms with Crippen LogP contribution in [0.15, 0.2) is 0 Å². The SMILES string of the molecule is C#CCN(CCC)C(=O)C1(CN)CCC(C)CC1. The van der Waals surface area contributed by atoms with Crippen molar-refractivity contribution in [1.82, 2.24) is 4.90 Å². The third-order valence-electron chi connectivity index (χ3n) is 4.14. The molecule has 1 aliphatic rings. The predicted molar refractivity (Wildman–Crippen MR) is 74.8 cm³/mol. The second-order valence-corrected chi connectivity index (χ2v) is 5.60. The molecule has 0 aromatic heterocycles. The van der Waals surface area contributed by atoms with Gasteiger partial charge in [-0.3, -0.25) is 4.79 Å². The molecule has 0 bridgehead atoms. The zero-order chi connectivity index (χ0) is 13.6. The highest BCUT2D eigenvalue weighted by atomic mass is 16.2.